The molecule has 2 heterocycles. The lowest BCUT2D eigenvalue weighted by Gasteiger charge is -2.34. The van der Waals surface area contributed by atoms with E-state index < -0.39 is 0 Å². The topological polar surface area (TPSA) is 19.4 Å². The third-order valence-electron chi connectivity index (χ3n) is 4.82. The van der Waals surface area contributed by atoms with Gasteiger partial charge in [0.15, 0.2) is 5.13 Å². The molecule has 0 amide bonds. The maximum atomic E-state index is 4.93. The smallest absolute Gasteiger partial charge is 0.186 e. The molecule has 0 aliphatic carbocycles. The SMILES string of the molecule is Cc1ccc(C)c2sc(N3CCN(Cc4ccccc4)CC3)nc12. The van der Waals surface area contributed by atoms with Crippen molar-refractivity contribution in [3.63, 3.8) is 0 Å². The number of anilines is 1. The predicted octanol–water partition coefficient (Wildman–Crippen LogP) is 4.24. The van der Waals surface area contributed by atoms with E-state index in [-0.39, 0.29) is 0 Å². The summed E-state index contributed by atoms with van der Waals surface area (Å²) in [4.78, 5) is 9.92. The van der Waals surface area contributed by atoms with Gasteiger partial charge in [0.05, 0.1) is 10.2 Å². The lowest BCUT2D eigenvalue weighted by atomic mass is 10.1. The van der Waals surface area contributed by atoms with Gasteiger partial charge in [-0.3, -0.25) is 4.90 Å². The standard InChI is InChI=1S/C20H23N3S/c1-15-8-9-16(2)19-18(15)21-20(24-19)23-12-10-22(11-13-23)14-17-6-4-3-5-7-17/h3-9H,10-14H2,1-2H3. The fraction of sp³-hybridized carbons (Fsp3) is 0.350. The summed E-state index contributed by atoms with van der Waals surface area (Å²) in [6.07, 6.45) is 0. The van der Waals surface area contributed by atoms with E-state index in [9.17, 15) is 0 Å². The summed E-state index contributed by atoms with van der Waals surface area (Å²) in [6.45, 7) is 9.71. The molecule has 0 saturated carbocycles. The molecule has 4 rings (SSSR count). The summed E-state index contributed by atoms with van der Waals surface area (Å²) in [6, 6.07) is 15.1. The van der Waals surface area contributed by atoms with Gasteiger partial charge in [-0.25, -0.2) is 4.98 Å². The summed E-state index contributed by atoms with van der Waals surface area (Å²) < 4.78 is 1.34. The number of fused-ring (bicyclic) bond motifs is 1. The third-order valence-corrected chi connectivity index (χ3v) is 6.07. The highest BCUT2D eigenvalue weighted by Crippen LogP contribution is 2.33. The first kappa shape index (κ1) is 15.6. The molecule has 1 aliphatic heterocycles. The van der Waals surface area contributed by atoms with Crippen molar-refractivity contribution in [2.45, 2.75) is 20.4 Å². The van der Waals surface area contributed by atoms with Gasteiger partial charge in [0.2, 0.25) is 0 Å². The zero-order chi connectivity index (χ0) is 16.5. The molecule has 24 heavy (non-hydrogen) atoms. The zero-order valence-corrected chi connectivity index (χ0v) is 15.1. The maximum Gasteiger partial charge on any atom is 0.186 e. The highest BCUT2D eigenvalue weighted by atomic mass is 32.1. The van der Waals surface area contributed by atoms with E-state index in [1.165, 1.54) is 32.0 Å². The Morgan fingerprint density at radius 3 is 2.33 bits per heavy atom. The van der Waals surface area contributed by atoms with Crippen molar-refractivity contribution in [2.75, 3.05) is 31.1 Å². The largest absolute Gasteiger partial charge is 0.345 e. The van der Waals surface area contributed by atoms with Gasteiger partial charge in [-0.1, -0.05) is 53.8 Å². The molecule has 1 fully saturated rings. The van der Waals surface area contributed by atoms with Gasteiger partial charge in [-0.15, -0.1) is 0 Å². The molecule has 2 aromatic carbocycles. The van der Waals surface area contributed by atoms with Crippen LogP contribution in [0, 0.1) is 13.8 Å². The van der Waals surface area contributed by atoms with Crippen molar-refractivity contribution in [3.05, 3.63) is 59.2 Å². The first-order valence-corrected chi connectivity index (χ1v) is 9.40. The Hall–Kier alpha value is -1.91. The van der Waals surface area contributed by atoms with Gasteiger partial charge in [0.25, 0.3) is 0 Å². The molecular formula is C20H23N3S. The lowest BCUT2D eigenvalue weighted by molar-refractivity contribution is 0.250. The van der Waals surface area contributed by atoms with Crippen LogP contribution in [0.2, 0.25) is 0 Å². The Morgan fingerprint density at radius 2 is 1.62 bits per heavy atom. The van der Waals surface area contributed by atoms with Gasteiger partial charge >= 0.3 is 0 Å². The number of benzene rings is 2. The van der Waals surface area contributed by atoms with Crippen LogP contribution in [0.5, 0.6) is 0 Å². The number of piperazine rings is 1. The summed E-state index contributed by atoms with van der Waals surface area (Å²) in [5, 5.41) is 1.18. The van der Waals surface area contributed by atoms with Crippen molar-refractivity contribution >= 4 is 26.7 Å². The van der Waals surface area contributed by atoms with Crippen LogP contribution in [-0.4, -0.2) is 36.1 Å². The molecule has 0 spiro atoms. The molecule has 1 aromatic heterocycles. The highest BCUT2D eigenvalue weighted by Gasteiger charge is 2.20. The van der Waals surface area contributed by atoms with E-state index in [0.717, 1.165) is 32.7 Å². The van der Waals surface area contributed by atoms with Crippen LogP contribution in [0.3, 0.4) is 0 Å². The van der Waals surface area contributed by atoms with Crippen molar-refractivity contribution < 1.29 is 0 Å². The van der Waals surface area contributed by atoms with Crippen LogP contribution in [-0.2, 0) is 6.54 Å². The number of hydrogen-bond acceptors (Lipinski definition) is 4. The van der Waals surface area contributed by atoms with E-state index in [2.05, 4.69) is 66.1 Å². The predicted molar refractivity (Wildman–Crippen MR) is 103 cm³/mol. The minimum atomic E-state index is 1.05. The fourth-order valence-corrected chi connectivity index (χ4v) is 4.49. The second kappa shape index (κ2) is 6.54. The first-order valence-electron chi connectivity index (χ1n) is 8.59. The van der Waals surface area contributed by atoms with Crippen molar-refractivity contribution in [1.29, 1.82) is 0 Å². The maximum absolute atomic E-state index is 4.93. The van der Waals surface area contributed by atoms with Crippen LogP contribution in [0.4, 0.5) is 5.13 Å². The van der Waals surface area contributed by atoms with Crippen LogP contribution in [0.1, 0.15) is 16.7 Å². The molecule has 0 N–H and O–H groups in total. The number of rotatable bonds is 3. The van der Waals surface area contributed by atoms with Gasteiger partial charge in [-0.2, -0.15) is 0 Å². The number of thiazole rings is 1. The molecule has 0 bridgehead atoms. The molecule has 0 unspecified atom stereocenters. The van der Waals surface area contributed by atoms with Crippen molar-refractivity contribution in [3.8, 4) is 0 Å². The quantitative estimate of drug-likeness (QED) is 0.713. The van der Waals surface area contributed by atoms with Crippen LogP contribution < -0.4 is 4.90 Å². The molecule has 0 atom stereocenters. The number of aryl methyl sites for hydroxylation is 2. The lowest BCUT2D eigenvalue weighted by Crippen LogP contribution is -2.45. The Kier molecular flexibility index (Phi) is 4.25. The summed E-state index contributed by atoms with van der Waals surface area (Å²) in [5.74, 6) is 0. The summed E-state index contributed by atoms with van der Waals surface area (Å²) in [5.41, 5.74) is 5.20. The minimum Gasteiger partial charge on any atom is -0.345 e. The molecule has 0 radical (unpaired) electrons. The second-order valence-electron chi connectivity index (χ2n) is 6.62. The third kappa shape index (κ3) is 3.04. The van der Waals surface area contributed by atoms with E-state index in [1.54, 1.807) is 0 Å². The molecule has 3 nitrogen and oxygen atoms in total. The second-order valence-corrected chi connectivity index (χ2v) is 7.60. The zero-order valence-electron chi connectivity index (χ0n) is 14.3. The average molecular weight is 337 g/mol. The van der Waals surface area contributed by atoms with Crippen LogP contribution >= 0.6 is 11.3 Å². The van der Waals surface area contributed by atoms with E-state index in [0.29, 0.717) is 0 Å². The van der Waals surface area contributed by atoms with Gasteiger partial charge in [0, 0.05) is 32.7 Å². The van der Waals surface area contributed by atoms with E-state index in [1.807, 2.05) is 11.3 Å². The Morgan fingerprint density at radius 1 is 0.917 bits per heavy atom. The normalized spacial score (nSPS) is 16.0. The average Bonchev–Trinajstić information content (AvgIpc) is 3.07. The Bertz CT molecular complexity index is 794. The summed E-state index contributed by atoms with van der Waals surface area (Å²) >= 11 is 1.85. The molecule has 3 aromatic rings. The molecule has 124 valence electrons. The van der Waals surface area contributed by atoms with E-state index in [4.69, 9.17) is 4.98 Å². The fourth-order valence-electron chi connectivity index (χ4n) is 3.32. The Labute approximate surface area is 147 Å². The molecule has 4 heteroatoms. The van der Waals surface area contributed by atoms with Gasteiger partial charge in [0.1, 0.15) is 0 Å². The Balaban J connectivity index is 1.46. The van der Waals surface area contributed by atoms with Crippen LogP contribution in [0.25, 0.3) is 10.2 Å². The number of aromatic nitrogens is 1. The minimum absolute atomic E-state index is 1.05. The van der Waals surface area contributed by atoms with Gasteiger partial charge in [-0.05, 0) is 30.5 Å². The summed E-state index contributed by atoms with van der Waals surface area (Å²) in [7, 11) is 0. The molecule has 1 aliphatic rings. The van der Waals surface area contributed by atoms with Crippen molar-refractivity contribution in [1.82, 2.24) is 9.88 Å². The van der Waals surface area contributed by atoms with Crippen LogP contribution in [0.15, 0.2) is 42.5 Å². The first-order chi connectivity index (χ1) is 11.7. The van der Waals surface area contributed by atoms with E-state index >= 15 is 0 Å². The number of hydrogen-bond donors (Lipinski definition) is 0. The molecular weight excluding hydrogens is 314 g/mol. The molecule has 1 saturated heterocycles. The monoisotopic (exact) mass is 337 g/mol. The number of nitrogens with zero attached hydrogens (tertiary/aromatic N) is 3. The highest BCUT2D eigenvalue weighted by molar-refractivity contribution is 7.22. The van der Waals surface area contributed by atoms with Gasteiger partial charge < -0.3 is 4.90 Å². The van der Waals surface area contributed by atoms with Crippen molar-refractivity contribution in [2.24, 2.45) is 0 Å².